The van der Waals surface area contributed by atoms with Crippen LogP contribution >= 0.6 is 0 Å². The Kier molecular flexibility index (Phi) is 5.36. The van der Waals surface area contributed by atoms with Crippen LogP contribution in [0.25, 0.3) is 6.08 Å². The summed E-state index contributed by atoms with van der Waals surface area (Å²) < 4.78 is 0. The molecule has 0 aliphatic carbocycles. The third-order valence-corrected chi connectivity index (χ3v) is 4.02. The minimum Gasteiger partial charge on any atom is -0.478 e. The third-order valence-electron chi connectivity index (χ3n) is 4.02. The smallest absolute Gasteiger partial charge is 0.328 e. The molecule has 108 valence electrons. The van der Waals surface area contributed by atoms with Crippen LogP contribution in [0.2, 0.25) is 0 Å². The molecule has 1 atom stereocenters. The van der Waals surface area contributed by atoms with E-state index in [2.05, 4.69) is 17.9 Å². The molecule has 1 N–H and O–H groups in total. The zero-order valence-corrected chi connectivity index (χ0v) is 12.1. The largest absolute Gasteiger partial charge is 0.478 e. The van der Waals surface area contributed by atoms with Crippen LogP contribution in [0, 0.1) is 0 Å². The number of carboxylic acid groups (broad SMARTS) is 1. The lowest BCUT2D eigenvalue weighted by molar-refractivity contribution is -0.131. The summed E-state index contributed by atoms with van der Waals surface area (Å²) in [6.45, 7) is 4.33. The predicted octanol–water partition coefficient (Wildman–Crippen LogP) is 3.55. The first-order valence-electron chi connectivity index (χ1n) is 7.40. The molecule has 1 heterocycles. The number of nitrogens with zero attached hydrogens (tertiary/aromatic N) is 1. The molecule has 1 aromatic rings. The van der Waals surface area contributed by atoms with Crippen LogP contribution in [-0.2, 0) is 11.3 Å². The summed E-state index contributed by atoms with van der Waals surface area (Å²) in [6, 6.07) is 8.66. The minimum absolute atomic E-state index is 0.606. The van der Waals surface area contributed by atoms with E-state index >= 15 is 0 Å². The number of hydrogen-bond acceptors (Lipinski definition) is 2. The van der Waals surface area contributed by atoms with E-state index < -0.39 is 5.97 Å². The normalized spacial score (nSPS) is 20.9. The first-order valence-corrected chi connectivity index (χ1v) is 7.40. The molecule has 0 bridgehead atoms. The summed E-state index contributed by atoms with van der Waals surface area (Å²) >= 11 is 0. The average Bonchev–Trinajstić information content (AvgIpc) is 2.63. The number of carbonyl (C=O) groups is 1. The maximum Gasteiger partial charge on any atom is 0.328 e. The van der Waals surface area contributed by atoms with Gasteiger partial charge in [-0.25, -0.2) is 4.79 Å². The third kappa shape index (κ3) is 4.20. The van der Waals surface area contributed by atoms with Crippen molar-refractivity contribution in [1.82, 2.24) is 4.90 Å². The van der Waals surface area contributed by atoms with Crippen molar-refractivity contribution in [2.24, 2.45) is 0 Å². The molecule has 0 radical (unpaired) electrons. The Bertz CT molecular complexity index is 482. The molecule has 1 fully saturated rings. The van der Waals surface area contributed by atoms with Gasteiger partial charge in [-0.05, 0) is 43.5 Å². The van der Waals surface area contributed by atoms with Gasteiger partial charge in [0.05, 0.1) is 0 Å². The molecule has 1 saturated heterocycles. The lowest BCUT2D eigenvalue weighted by atomic mass is 10.1. The van der Waals surface area contributed by atoms with Crippen LogP contribution < -0.4 is 0 Å². The summed E-state index contributed by atoms with van der Waals surface area (Å²) in [4.78, 5) is 13.2. The second kappa shape index (κ2) is 7.25. The van der Waals surface area contributed by atoms with Gasteiger partial charge in [0.25, 0.3) is 0 Å². The van der Waals surface area contributed by atoms with E-state index in [9.17, 15) is 4.79 Å². The van der Waals surface area contributed by atoms with Crippen LogP contribution in [0.3, 0.4) is 0 Å². The highest BCUT2D eigenvalue weighted by Crippen LogP contribution is 2.21. The van der Waals surface area contributed by atoms with Gasteiger partial charge < -0.3 is 5.11 Å². The van der Waals surface area contributed by atoms with Crippen molar-refractivity contribution in [2.45, 2.75) is 45.2 Å². The van der Waals surface area contributed by atoms with Gasteiger partial charge in [-0.3, -0.25) is 4.90 Å². The van der Waals surface area contributed by atoms with Crippen molar-refractivity contribution in [2.75, 3.05) is 6.54 Å². The van der Waals surface area contributed by atoms with Crippen LogP contribution in [0.4, 0.5) is 0 Å². The monoisotopic (exact) mass is 273 g/mol. The predicted molar refractivity (Wildman–Crippen MR) is 81.5 cm³/mol. The summed E-state index contributed by atoms with van der Waals surface area (Å²) in [6.07, 6.45) is 8.06. The standard InChI is InChI=1S/C17H23NO2/c1-14-7-3-2-6-12-18(14)13-16-9-5-4-8-15(16)10-11-17(19)20/h4-5,8-11,14H,2-3,6-7,12-13H2,1H3,(H,19,20). The van der Waals surface area contributed by atoms with Gasteiger partial charge in [0.15, 0.2) is 0 Å². The van der Waals surface area contributed by atoms with Crippen molar-refractivity contribution in [3.05, 3.63) is 41.5 Å². The Balaban J connectivity index is 2.13. The number of carboxylic acids is 1. The quantitative estimate of drug-likeness (QED) is 0.853. The maximum atomic E-state index is 10.7. The van der Waals surface area contributed by atoms with Gasteiger partial charge in [-0.1, -0.05) is 37.1 Å². The van der Waals surface area contributed by atoms with Gasteiger partial charge in [-0.2, -0.15) is 0 Å². The van der Waals surface area contributed by atoms with Crippen molar-refractivity contribution in [3.8, 4) is 0 Å². The summed E-state index contributed by atoms with van der Waals surface area (Å²) in [7, 11) is 0. The van der Waals surface area contributed by atoms with Crippen LogP contribution in [0.15, 0.2) is 30.3 Å². The Morgan fingerprint density at radius 3 is 2.95 bits per heavy atom. The number of rotatable bonds is 4. The van der Waals surface area contributed by atoms with Crippen molar-refractivity contribution < 1.29 is 9.90 Å². The molecule has 0 saturated carbocycles. The molecule has 0 spiro atoms. The fourth-order valence-electron chi connectivity index (χ4n) is 2.79. The highest BCUT2D eigenvalue weighted by atomic mass is 16.4. The summed E-state index contributed by atoms with van der Waals surface area (Å²) in [5, 5.41) is 8.77. The fraction of sp³-hybridized carbons (Fsp3) is 0.471. The number of benzene rings is 1. The molecule has 1 aliphatic heterocycles. The number of likely N-dealkylation sites (tertiary alicyclic amines) is 1. The summed E-state index contributed by atoms with van der Waals surface area (Å²) in [5.41, 5.74) is 2.21. The zero-order valence-electron chi connectivity index (χ0n) is 12.1. The van der Waals surface area contributed by atoms with Gasteiger partial charge >= 0.3 is 5.97 Å². The van der Waals surface area contributed by atoms with E-state index in [0.717, 1.165) is 18.7 Å². The molecule has 1 aliphatic rings. The van der Waals surface area contributed by atoms with Gasteiger partial charge in [0, 0.05) is 18.7 Å². The lowest BCUT2D eigenvalue weighted by Gasteiger charge is -2.27. The molecule has 3 nitrogen and oxygen atoms in total. The Morgan fingerprint density at radius 2 is 2.15 bits per heavy atom. The first-order chi connectivity index (χ1) is 9.66. The van der Waals surface area contributed by atoms with Crippen LogP contribution in [-0.4, -0.2) is 28.6 Å². The maximum absolute atomic E-state index is 10.7. The van der Waals surface area contributed by atoms with Crippen LogP contribution in [0.5, 0.6) is 0 Å². The average molecular weight is 273 g/mol. The second-order valence-corrected chi connectivity index (χ2v) is 5.54. The van der Waals surface area contributed by atoms with E-state index in [1.54, 1.807) is 6.08 Å². The van der Waals surface area contributed by atoms with E-state index in [0.29, 0.717) is 6.04 Å². The van der Waals surface area contributed by atoms with E-state index in [-0.39, 0.29) is 0 Å². The highest BCUT2D eigenvalue weighted by molar-refractivity contribution is 5.85. The molecule has 1 aromatic carbocycles. The number of hydrogen-bond donors (Lipinski definition) is 1. The van der Waals surface area contributed by atoms with Gasteiger partial charge in [0.2, 0.25) is 0 Å². The van der Waals surface area contributed by atoms with Gasteiger partial charge in [-0.15, -0.1) is 0 Å². The molecular formula is C17H23NO2. The first kappa shape index (κ1) is 14.8. The molecule has 20 heavy (non-hydrogen) atoms. The van der Waals surface area contributed by atoms with Crippen molar-refractivity contribution in [3.63, 3.8) is 0 Å². The number of aliphatic carboxylic acids is 1. The fourth-order valence-corrected chi connectivity index (χ4v) is 2.79. The van der Waals surface area contributed by atoms with Gasteiger partial charge in [0.1, 0.15) is 0 Å². The SMILES string of the molecule is CC1CCCCCN1Cc1ccccc1C=CC(=O)O. The Labute approximate surface area is 120 Å². The molecule has 1 unspecified atom stereocenters. The lowest BCUT2D eigenvalue weighted by Crippen LogP contribution is -2.32. The summed E-state index contributed by atoms with van der Waals surface area (Å²) in [5.74, 6) is -0.900. The topological polar surface area (TPSA) is 40.5 Å². The zero-order chi connectivity index (χ0) is 14.4. The molecule has 3 heteroatoms. The molecule has 2 rings (SSSR count). The Morgan fingerprint density at radius 1 is 1.35 bits per heavy atom. The second-order valence-electron chi connectivity index (χ2n) is 5.54. The van der Waals surface area contributed by atoms with Crippen molar-refractivity contribution >= 4 is 12.0 Å². The molecule has 0 amide bonds. The molecular weight excluding hydrogens is 250 g/mol. The van der Waals surface area contributed by atoms with Crippen molar-refractivity contribution in [1.29, 1.82) is 0 Å². The van der Waals surface area contributed by atoms with E-state index in [1.807, 2.05) is 18.2 Å². The minimum atomic E-state index is -0.900. The van der Waals surface area contributed by atoms with Crippen LogP contribution in [0.1, 0.15) is 43.7 Å². The van der Waals surface area contributed by atoms with E-state index in [4.69, 9.17) is 5.11 Å². The highest BCUT2D eigenvalue weighted by Gasteiger charge is 2.17. The van der Waals surface area contributed by atoms with E-state index in [1.165, 1.54) is 37.3 Å². The Hall–Kier alpha value is -1.61. The molecule has 0 aromatic heterocycles.